The first kappa shape index (κ1) is 18.6. The zero-order chi connectivity index (χ0) is 20.0. The van der Waals surface area contributed by atoms with Gasteiger partial charge in [-0.1, -0.05) is 6.58 Å². The number of rotatable bonds is 5. The van der Waals surface area contributed by atoms with E-state index >= 15 is 4.39 Å². The van der Waals surface area contributed by atoms with Gasteiger partial charge < -0.3 is 20.6 Å². The molecule has 3 aliphatic rings. The molecule has 1 saturated carbocycles. The summed E-state index contributed by atoms with van der Waals surface area (Å²) in [6.45, 7) is 8.02. The highest BCUT2D eigenvalue weighted by molar-refractivity contribution is 6.08. The van der Waals surface area contributed by atoms with Gasteiger partial charge in [0.2, 0.25) is 0 Å². The fraction of sp³-hybridized carbons (Fsp3) is 0.450. The maximum atomic E-state index is 15.0. The van der Waals surface area contributed by atoms with Gasteiger partial charge in [-0.2, -0.15) is 0 Å². The van der Waals surface area contributed by atoms with Gasteiger partial charge in [-0.25, -0.2) is 14.2 Å². The third-order valence-corrected chi connectivity index (χ3v) is 5.48. The average molecular weight is 385 g/mol. The Bertz CT molecular complexity index is 906. The lowest BCUT2D eigenvalue weighted by molar-refractivity contribution is -0.132. The normalized spacial score (nSPS) is 23.2. The predicted octanol–water partition coefficient (Wildman–Crippen LogP) is 2.04. The quantitative estimate of drug-likeness (QED) is 0.805. The molecule has 1 atom stereocenters. The number of hydrogen-bond donors (Lipinski definition) is 2. The summed E-state index contributed by atoms with van der Waals surface area (Å²) >= 11 is 0. The largest absolute Gasteiger partial charge is 0.478 e. The van der Waals surface area contributed by atoms with E-state index in [1.807, 2.05) is 16.7 Å². The van der Waals surface area contributed by atoms with E-state index in [1.165, 1.54) is 6.07 Å². The topological polar surface area (TPSA) is 95.0 Å². The van der Waals surface area contributed by atoms with Crippen molar-refractivity contribution in [3.63, 3.8) is 0 Å². The van der Waals surface area contributed by atoms with Gasteiger partial charge in [0.05, 0.1) is 12.1 Å². The smallest absolute Gasteiger partial charge is 0.337 e. The van der Waals surface area contributed by atoms with Crippen molar-refractivity contribution in [2.45, 2.75) is 25.8 Å². The highest BCUT2D eigenvalue weighted by atomic mass is 19.1. The molecule has 0 amide bonds. The van der Waals surface area contributed by atoms with E-state index < -0.39 is 11.8 Å². The molecular formula is C20H24FN5O2. The molecule has 1 aromatic heterocycles. The molecule has 3 heterocycles. The van der Waals surface area contributed by atoms with Gasteiger partial charge in [0.15, 0.2) is 11.6 Å². The van der Waals surface area contributed by atoms with E-state index in [0.29, 0.717) is 37.6 Å². The predicted molar refractivity (Wildman–Crippen MR) is 107 cm³/mol. The lowest BCUT2D eigenvalue weighted by atomic mass is 9.97. The number of aliphatic carboxylic acids is 1. The molecule has 7 nitrogen and oxygen atoms in total. The number of hydrogen-bond acceptors (Lipinski definition) is 6. The zero-order valence-corrected chi connectivity index (χ0v) is 15.9. The number of carbonyl (C=O) groups is 1. The molecule has 0 aromatic carbocycles. The van der Waals surface area contributed by atoms with Crippen LogP contribution in [-0.4, -0.2) is 54.0 Å². The number of halogens is 1. The summed E-state index contributed by atoms with van der Waals surface area (Å²) in [6, 6.07) is 1.55. The van der Waals surface area contributed by atoms with E-state index in [2.05, 4.69) is 16.6 Å². The summed E-state index contributed by atoms with van der Waals surface area (Å²) in [5.74, 6) is -0.652. The van der Waals surface area contributed by atoms with Crippen LogP contribution >= 0.6 is 0 Å². The molecule has 0 bridgehead atoms. The van der Waals surface area contributed by atoms with Crippen LogP contribution in [0.15, 0.2) is 29.4 Å². The third kappa shape index (κ3) is 3.07. The Hall–Kier alpha value is -2.74. The molecule has 3 N–H and O–H groups in total. The van der Waals surface area contributed by atoms with E-state index in [9.17, 15) is 9.90 Å². The van der Waals surface area contributed by atoms with Crippen molar-refractivity contribution in [3.8, 4) is 0 Å². The lowest BCUT2D eigenvalue weighted by Gasteiger charge is -2.30. The fourth-order valence-electron chi connectivity index (χ4n) is 3.86. The van der Waals surface area contributed by atoms with Gasteiger partial charge in [0.25, 0.3) is 0 Å². The van der Waals surface area contributed by atoms with Crippen molar-refractivity contribution in [2.24, 2.45) is 16.6 Å². The maximum Gasteiger partial charge on any atom is 0.337 e. The van der Waals surface area contributed by atoms with Crippen LogP contribution in [0, 0.1) is 11.7 Å². The number of fused-ring (bicyclic) bond motifs is 1. The van der Waals surface area contributed by atoms with Crippen LogP contribution in [0.5, 0.6) is 0 Å². The Morgan fingerprint density at radius 3 is 2.82 bits per heavy atom. The number of nitrogens with two attached hydrogens (primary N) is 1. The van der Waals surface area contributed by atoms with Crippen molar-refractivity contribution in [1.82, 2.24) is 4.98 Å². The van der Waals surface area contributed by atoms with Crippen LogP contribution in [0.2, 0.25) is 0 Å². The van der Waals surface area contributed by atoms with Crippen LogP contribution in [0.25, 0.3) is 5.57 Å². The van der Waals surface area contributed by atoms with Crippen LogP contribution < -0.4 is 15.5 Å². The summed E-state index contributed by atoms with van der Waals surface area (Å²) < 4.78 is 15.0. The third-order valence-electron chi connectivity index (χ3n) is 5.48. The standard InChI is InChI=1S/C20H24FN5O2/c1-3-23-17-10-25(8-12(17)7-22)19-16(21)6-14-11(2)15(20(27)28)9-26(13-4-5-13)18(14)24-19/h6,9,12-13H,2-5,7-8,10,22H2,1H3,(H,27,28). The number of aromatic nitrogens is 1. The average Bonchev–Trinajstić information content (AvgIpc) is 3.42. The molecule has 28 heavy (non-hydrogen) atoms. The van der Waals surface area contributed by atoms with Crippen LogP contribution in [0.1, 0.15) is 25.3 Å². The van der Waals surface area contributed by atoms with Crippen molar-refractivity contribution in [2.75, 3.05) is 36.0 Å². The zero-order valence-electron chi connectivity index (χ0n) is 15.9. The summed E-state index contributed by atoms with van der Waals surface area (Å²) in [6.07, 6.45) is 3.49. The second kappa shape index (κ2) is 7.01. The number of pyridine rings is 1. The molecule has 1 unspecified atom stereocenters. The van der Waals surface area contributed by atoms with Gasteiger partial charge >= 0.3 is 5.97 Å². The Balaban J connectivity index is 1.75. The molecule has 1 aromatic rings. The Morgan fingerprint density at radius 2 is 2.21 bits per heavy atom. The molecule has 2 fully saturated rings. The van der Waals surface area contributed by atoms with E-state index in [-0.39, 0.29) is 28.9 Å². The van der Waals surface area contributed by atoms with Crippen molar-refractivity contribution >= 4 is 28.9 Å². The summed E-state index contributed by atoms with van der Waals surface area (Å²) in [7, 11) is 0. The minimum Gasteiger partial charge on any atom is -0.478 e. The number of nitrogens with zero attached hydrogens (tertiary/aromatic N) is 4. The van der Waals surface area contributed by atoms with Crippen molar-refractivity contribution in [1.29, 1.82) is 0 Å². The highest BCUT2D eigenvalue weighted by Gasteiger charge is 2.37. The van der Waals surface area contributed by atoms with Gasteiger partial charge in [-0.05, 0) is 31.4 Å². The molecule has 4 rings (SSSR count). The summed E-state index contributed by atoms with van der Waals surface area (Å²) in [5, 5.41) is 9.48. The second-order valence-corrected chi connectivity index (χ2v) is 7.41. The molecule has 0 spiro atoms. The second-order valence-electron chi connectivity index (χ2n) is 7.41. The fourth-order valence-corrected chi connectivity index (χ4v) is 3.86. The minimum atomic E-state index is -1.07. The summed E-state index contributed by atoms with van der Waals surface area (Å²) in [4.78, 5) is 24.4. The lowest BCUT2D eigenvalue weighted by Crippen LogP contribution is -2.29. The number of anilines is 2. The minimum absolute atomic E-state index is 0.0788. The van der Waals surface area contributed by atoms with Gasteiger partial charge in [-0.3, -0.25) is 4.99 Å². The molecule has 1 saturated heterocycles. The SMILES string of the molecule is C=C1C(C(=O)O)=CN(C2CC2)c2nc(N3CC(=NCC)C(CN)C3)c(F)cc21. The van der Waals surface area contributed by atoms with Gasteiger partial charge in [0.1, 0.15) is 5.82 Å². The van der Waals surface area contributed by atoms with Gasteiger partial charge in [-0.15, -0.1) is 0 Å². The Kier molecular flexibility index (Phi) is 4.66. The van der Waals surface area contributed by atoms with E-state index in [1.54, 1.807) is 6.20 Å². The molecular weight excluding hydrogens is 361 g/mol. The molecule has 2 aliphatic heterocycles. The molecule has 1 aliphatic carbocycles. The molecule has 148 valence electrons. The molecule has 0 radical (unpaired) electrons. The Morgan fingerprint density at radius 1 is 1.46 bits per heavy atom. The first-order valence-corrected chi connectivity index (χ1v) is 9.56. The van der Waals surface area contributed by atoms with Crippen LogP contribution in [0.3, 0.4) is 0 Å². The van der Waals surface area contributed by atoms with Crippen LogP contribution in [0.4, 0.5) is 16.0 Å². The summed E-state index contributed by atoms with van der Waals surface area (Å²) in [5.41, 5.74) is 7.64. The number of aliphatic imine (C=N–C) groups is 1. The van der Waals surface area contributed by atoms with E-state index in [4.69, 9.17) is 5.73 Å². The van der Waals surface area contributed by atoms with E-state index in [0.717, 1.165) is 18.6 Å². The Labute approximate surface area is 163 Å². The number of carboxylic acids is 1. The first-order chi connectivity index (χ1) is 13.4. The monoisotopic (exact) mass is 385 g/mol. The van der Waals surface area contributed by atoms with Crippen LogP contribution in [-0.2, 0) is 4.79 Å². The van der Waals surface area contributed by atoms with Gasteiger partial charge in [0, 0.05) is 49.1 Å². The number of carboxylic acid groups (broad SMARTS) is 1. The maximum absolute atomic E-state index is 15.0. The first-order valence-electron chi connectivity index (χ1n) is 9.56. The van der Waals surface area contributed by atoms with Crippen molar-refractivity contribution < 1.29 is 14.3 Å². The highest BCUT2D eigenvalue weighted by Crippen LogP contribution is 2.42. The van der Waals surface area contributed by atoms with Crippen molar-refractivity contribution in [3.05, 3.63) is 35.8 Å². The molecule has 8 heteroatoms.